The van der Waals surface area contributed by atoms with Crippen LogP contribution in [0.2, 0.25) is 0 Å². The van der Waals surface area contributed by atoms with Crippen molar-refractivity contribution in [1.82, 2.24) is 4.72 Å². The van der Waals surface area contributed by atoms with Gasteiger partial charge in [0, 0.05) is 6.04 Å². The van der Waals surface area contributed by atoms with E-state index < -0.39 is 10.0 Å². The maximum atomic E-state index is 12.2. The molecule has 1 fully saturated rings. The van der Waals surface area contributed by atoms with Crippen LogP contribution in [-0.2, 0) is 16.4 Å². The maximum absolute atomic E-state index is 12.2. The first kappa shape index (κ1) is 15.5. The topological polar surface area (TPSA) is 46.2 Å². The fourth-order valence-corrected chi connectivity index (χ4v) is 4.05. The Morgan fingerprint density at radius 3 is 2.35 bits per heavy atom. The van der Waals surface area contributed by atoms with Crippen molar-refractivity contribution in [3.05, 3.63) is 29.8 Å². The van der Waals surface area contributed by atoms with Crippen LogP contribution in [0.15, 0.2) is 29.2 Å². The smallest absolute Gasteiger partial charge is 0.208 e. The molecule has 1 aliphatic carbocycles. The van der Waals surface area contributed by atoms with Crippen molar-refractivity contribution in [2.24, 2.45) is 0 Å². The monoisotopic (exact) mass is 295 g/mol. The highest BCUT2D eigenvalue weighted by atomic mass is 32.2. The normalized spacial score (nSPS) is 16.6. The first-order valence-electron chi connectivity index (χ1n) is 7.73. The molecule has 0 aliphatic heterocycles. The van der Waals surface area contributed by atoms with E-state index in [0.717, 1.165) is 32.1 Å². The molecule has 1 N–H and O–H groups in total. The van der Waals surface area contributed by atoms with E-state index in [1.165, 1.54) is 24.8 Å². The molecule has 1 aromatic carbocycles. The van der Waals surface area contributed by atoms with Gasteiger partial charge in [0.05, 0.1) is 4.90 Å². The third kappa shape index (κ3) is 4.32. The molecule has 0 bridgehead atoms. The number of hydrogen-bond donors (Lipinski definition) is 1. The second kappa shape index (κ2) is 7.23. The molecular formula is C16H25NO2S. The summed E-state index contributed by atoms with van der Waals surface area (Å²) in [6.07, 6.45) is 8.82. The predicted octanol–water partition coefficient (Wildman–Crippen LogP) is 3.64. The van der Waals surface area contributed by atoms with Crippen LogP contribution in [0.1, 0.15) is 57.4 Å². The van der Waals surface area contributed by atoms with E-state index in [1.54, 1.807) is 12.1 Å². The Morgan fingerprint density at radius 1 is 1.10 bits per heavy atom. The average molecular weight is 295 g/mol. The summed E-state index contributed by atoms with van der Waals surface area (Å²) in [5.41, 5.74) is 1.22. The average Bonchev–Trinajstić information content (AvgIpc) is 2.92. The highest BCUT2D eigenvalue weighted by molar-refractivity contribution is 7.89. The van der Waals surface area contributed by atoms with Crippen LogP contribution in [0.3, 0.4) is 0 Å². The van der Waals surface area contributed by atoms with Gasteiger partial charge in [0.1, 0.15) is 0 Å². The first-order chi connectivity index (χ1) is 9.62. The van der Waals surface area contributed by atoms with Crippen LogP contribution in [0, 0.1) is 0 Å². The van der Waals surface area contributed by atoms with Gasteiger partial charge in [-0.2, -0.15) is 0 Å². The molecule has 1 aliphatic rings. The molecule has 1 saturated carbocycles. The predicted molar refractivity (Wildman–Crippen MR) is 82.2 cm³/mol. The van der Waals surface area contributed by atoms with Crippen molar-refractivity contribution in [2.75, 3.05) is 0 Å². The summed E-state index contributed by atoms with van der Waals surface area (Å²) in [6, 6.07) is 7.48. The molecule has 0 unspecified atom stereocenters. The number of nitrogens with one attached hydrogen (secondary N) is 1. The van der Waals surface area contributed by atoms with Crippen molar-refractivity contribution >= 4 is 10.0 Å². The lowest BCUT2D eigenvalue weighted by Crippen LogP contribution is -2.32. The summed E-state index contributed by atoms with van der Waals surface area (Å²) in [6.45, 7) is 2.18. The van der Waals surface area contributed by atoms with Crippen molar-refractivity contribution in [2.45, 2.75) is 69.2 Å². The van der Waals surface area contributed by atoms with Gasteiger partial charge in [0.15, 0.2) is 0 Å². The van der Waals surface area contributed by atoms with Gasteiger partial charge in [-0.05, 0) is 43.4 Å². The van der Waals surface area contributed by atoms with E-state index in [-0.39, 0.29) is 6.04 Å². The Hall–Kier alpha value is -0.870. The molecule has 4 heteroatoms. The SMILES string of the molecule is CCCCCc1ccc(S(=O)(=O)NC2CCCC2)cc1. The summed E-state index contributed by atoms with van der Waals surface area (Å²) >= 11 is 0. The summed E-state index contributed by atoms with van der Waals surface area (Å²) in [7, 11) is -3.34. The van der Waals surface area contributed by atoms with Crippen LogP contribution in [0.5, 0.6) is 0 Å². The molecule has 0 amide bonds. The molecule has 3 nitrogen and oxygen atoms in total. The Morgan fingerprint density at radius 2 is 1.75 bits per heavy atom. The largest absolute Gasteiger partial charge is 0.240 e. The fourth-order valence-electron chi connectivity index (χ4n) is 2.75. The Bertz CT molecular complexity index is 502. The first-order valence-corrected chi connectivity index (χ1v) is 9.21. The maximum Gasteiger partial charge on any atom is 0.240 e. The lowest BCUT2D eigenvalue weighted by atomic mass is 10.1. The van der Waals surface area contributed by atoms with Crippen molar-refractivity contribution in [3.63, 3.8) is 0 Å². The number of hydrogen-bond acceptors (Lipinski definition) is 2. The van der Waals surface area contributed by atoms with E-state index >= 15 is 0 Å². The van der Waals surface area contributed by atoms with Gasteiger partial charge in [-0.25, -0.2) is 13.1 Å². The minimum Gasteiger partial charge on any atom is -0.208 e. The molecule has 20 heavy (non-hydrogen) atoms. The molecule has 0 atom stereocenters. The van der Waals surface area contributed by atoms with Gasteiger partial charge >= 0.3 is 0 Å². The Labute approximate surface area is 122 Å². The van der Waals surface area contributed by atoms with E-state index in [2.05, 4.69) is 11.6 Å². The number of sulfonamides is 1. The highest BCUT2D eigenvalue weighted by Crippen LogP contribution is 2.20. The van der Waals surface area contributed by atoms with Crippen LogP contribution in [-0.4, -0.2) is 14.5 Å². The molecule has 0 heterocycles. The molecule has 112 valence electrons. The third-order valence-electron chi connectivity index (χ3n) is 3.98. The second-order valence-corrected chi connectivity index (χ2v) is 7.42. The molecule has 0 radical (unpaired) electrons. The summed E-state index contributed by atoms with van der Waals surface area (Å²) in [5, 5.41) is 0. The molecule has 0 saturated heterocycles. The third-order valence-corrected chi connectivity index (χ3v) is 5.52. The molecule has 2 rings (SSSR count). The molecule has 0 spiro atoms. The van der Waals surface area contributed by atoms with Gasteiger partial charge in [-0.1, -0.05) is 44.7 Å². The zero-order chi connectivity index (χ0) is 14.4. The summed E-state index contributed by atoms with van der Waals surface area (Å²) in [5.74, 6) is 0. The Kier molecular flexibility index (Phi) is 5.61. The minimum absolute atomic E-state index is 0.129. The zero-order valence-electron chi connectivity index (χ0n) is 12.3. The highest BCUT2D eigenvalue weighted by Gasteiger charge is 2.22. The van der Waals surface area contributed by atoms with Gasteiger partial charge < -0.3 is 0 Å². The van der Waals surface area contributed by atoms with Gasteiger partial charge in [-0.3, -0.25) is 0 Å². The van der Waals surface area contributed by atoms with E-state index in [9.17, 15) is 8.42 Å². The van der Waals surface area contributed by atoms with Crippen LogP contribution in [0.25, 0.3) is 0 Å². The quantitative estimate of drug-likeness (QED) is 0.781. The van der Waals surface area contributed by atoms with E-state index in [4.69, 9.17) is 0 Å². The van der Waals surface area contributed by atoms with Gasteiger partial charge in [0.2, 0.25) is 10.0 Å². The fraction of sp³-hybridized carbons (Fsp3) is 0.625. The van der Waals surface area contributed by atoms with Gasteiger partial charge in [-0.15, -0.1) is 0 Å². The number of unbranched alkanes of at least 4 members (excludes halogenated alkanes) is 2. The minimum atomic E-state index is -3.34. The van der Waals surface area contributed by atoms with E-state index in [1.807, 2.05) is 12.1 Å². The van der Waals surface area contributed by atoms with Crippen molar-refractivity contribution in [3.8, 4) is 0 Å². The number of rotatable bonds is 7. The Balaban J connectivity index is 1.97. The van der Waals surface area contributed by atoms with E-state index in [0.29, 0.717) is 4.90 Å². The summed E-state index contributed by atoms with van der Waals surface area (Å²) < 4.78 is 27.3. The van der Waals surface area contributed by atoms with Crippen LogP contribution >= 0.6 is 0 Å². The zero-order valence-corrected chi connectivity index (χ0v) is 13.1. The van der Waals surface area contributed by atoms with Gasteiger partial charge in [0.25, 0.3) is 0 Å². The standard InChI is InChI=1S/C16H25NO2S/c1-2-3-4-7-14-10-12-16(13-11-14)20(18,19)17-15-8-5-6-9-15/h10-13,15,17H,2-9H2,1H3. The number of benzene rings is 1. The van der Waals surface area contributed by atoms with Crippen molar-refractivity contribution in [1.29, 1.82) is 0 Å². The van der Waals surface area contributed by atoms with Crippen LogP contribution in [0.4, 0.5) is 0 Å². The molecule has 1 aromatic rings. The molecule has 0 aromatic heterocycles. The molecular weight excluding hydrogens is 270 g/mol. The second-order valence-electron chi connectivity index (χ2n) is 5.70. The lowest BCUT2D eigenvalue weighted by molar-refractivity contribution is 0.552. The lowest BCUT2D eigenvalue weighted by Gasteiger charge is -2.12. The number of aryl methyl sites for hydroxylation is 1. The van der Waals surface area contributed by atoms with Crippen molar-refractivity contribution < 1.29 is 8.42 Å². The summed E-state index contributed by atoms with van der Waals surface area (Å²) in [4.78, 5) is 0.392. The van der Waals surface area contributed by atoms with Crippen LogP contribution < -0.4 is 4.72 Å².